The van der Waals surface area contributed by atoms with Gasteiger partial charge in [0.05, 0.1) is 0 Å². The fourth-order valence-electron chi connectivity index (χ4n) is 2.04. The summed E-state index contributed by atoms with van der Waals surface area (Å²) in [5, 5.41) is 5.85. The molecule has 1 aliphatic rings. The van der Waals surface area contributed by atoms with Crippen LogP contribution >= 0.6 is 0 Å². The van der Waals surface area contributed by atoms with Crippen molar-refractivity contribution in [3.05, 3.63) is 34.9 Å². The number of hydrogen-bond acceptors (Lipinski definition) is 2. The van der Waals surface area contributed by atoms with Crippen molar-refractivity contribution in [3.63, 3.8) is 0 Å². The summed E-state index contributed by atoms with van der Waals surface area (Å²) in [7, 11) is 0. The maximum atomic E-state index is 11.8. The van der Waals surface area contributed by atoms with Crippen LogP contribution in [0.2, 0.25) is 0 Å². The van der Waals surface area contributed by atoms with Crippen molar-refractivity contribution < 1.29 is 4.79 Å². The number of benzene rings is 1. The molecule has 1 aromatic rings. The van der Waals surface area contributed by atoms with E-state index in [1.54, 1.807) is 0 Å². The summed E-state index contributed by atoms with van der Waals surface area (Å²) in [5.41, 5.74) is 3.33. The van der Waals surface area contributed by atoms with Gasteiger partial charge in [0.2, 0.25) is 0 Å². The fraction of sp³-hybridized carbons (Fsp3) is 0.385. The molecular weight excluding hydrogens is 214 g/mol. The Bertz CT molecular complexity index is 480. The smallest absolute Gasteiger partial charge is 0.253 e. The second kappa shape index (κ2) is 4.57. The highest BCUT2D eigenvalue weighted by Gasteiger charge is 2.30. The number of rotatable bonds is 2. The van der Waals surface area contributed by atoms with E-state index in [2.05, 4.69) is 21.7 Å². The number of nitrogens with zero attached hydrogens (tertiary/aromatic N) is 1. The van der Waals surface area contributed by atoms with E-state index < -0.39 is 0 Å². The molecule has 1 fully saturated rings. The van der Waals surface area contributed by atoms with Gasteiger partial charge in [-0.15, -0.1) is 0 Å². The molecule has 1 unspecified atom stereocenters. The Kier molecular flexibility index (Phi) is 3.13. The standard InChI is InChI=1S/C13H17N3O/c1-4-14-13-15-11(12(17)16-13)10-6-5-8(2)7-9(10)3/h5-7,11H,4H2,1-3H3,(H2,14,15,16,17). The number of hydrogen-bond donors (Lipinski definition) is 2. The third-order valence-corrected chi connectivity index (χ3v) is 2.84. The zero-order chi connectivity index (χ0) is 12.4. The average Bonchev–Trinajstić information content (AvgIpc) is 2.60. The van der Waals surface area contributed by atoms with E-state index in [0.717, 1.165) is 11.1 Å². The maximum Gasteiger partial charge on any atom is 0.253 e. The molecule has 1 aliphatic heterocycles. The molecule has 90 valence electrons. The molecule has 0 aliphatic carbocycles. The fourth-order valence-corrected chi connectivity index (χ4v) is 2.04. The maximum absolute atomic E-state index is 11.8. The zero-order valence-electron chi connectivity index (χ0n) is 10.4. The molecule has 0 spiro atoms. The predicted molar refractivity (Wildman–Crippen MR) is 67.9 cm³/mol. The van der Waals surface area contributed by atoms with Crippen LogP contribution in [0, 0.1) is 13.8 Å². The molecule has 0 bridgehead atoms. The van der Waals surface area contributed by atoms with Gasteiger partial charge in [0.1, 0.15) is 6.04 Å². The molecule has 1 saturated heterocycles. The SMILES string of the molecule is CCN=C1NC(=O)C(c2ccc(C)cc2C)N1. The minimum absolute atomic E-state index is 0.0378. The minimum Gasteiger partial charge on any atom is -0.340 e. The lowest BCUT2D eigenvalue weighted by molar-refractivity contribution is -0.120. The van der Waals surface area contributed by atoms with E-state index in [1.165, 1.54) is 5.56 Å². The van der Waals surface area contributed by atoms with Crippen molar-refractivity contribution >= 4 is 11.9 Å². The lowest BCUT2D eigenvalue weighted by Crippen LogP contribution is -2.25. The highest BCUT2D eigenvalue weighted by atomic mass is 16.2. The van der Waals surface area contributed by atoms with E-state index >= 15 is 0 Å². The van der Waals surface area contributed by atoms with Gasteiger partial charge in [-0.3, -0.25) is 15.1 Å². The molecule has 0 saturated carbocycles. The molecule has 1 aromatic carbocycles. The van der Waals surface area contributed by atoms with Crippen molar-refractivity contribution in [1.29, 1.82) is 0 Å². The molecule has 2 N–H and O–H groups in total. The van der Waals surface area contributed by atoms with Gasteiger partial charge in [0.25, 0.3) is 5.91 Å². The van der Waals surface area contributed by atoms with Crippen LogP contribution in [0.25, 0.3) is 0 Å². The summed E-state index contributed by atoms with van der Waals surface area (Å²) in [6.45, 7) is 6.66. The molecule has 1 amide bonds. The van der Waals surface area contributed by atoms with Crippen LogP contribution < -0.4 is 10.6 Å². The van der Waals surface area contributed by atoms with Crippen molar-refractivity contribution in [1.82, 2.24) is 10.6 Å². The lowest BCUT2D eigenvalue weighted by atomic mass is 9.99. The Morgan fingerprint density at radius 3 is 2.76 bits per heavy atom. The highest BCUT2D eigenvalue weighted by molar-refractivity contribution is 6.06. The van der Waals surface area contributed by atoms with Gasteiger partial charge in [-0.1, -0.05) is 23.8 Å². The molecule has 1 heterocycles. The number of amides is 1. The van der Waals surface area contributed by atoms with Crippen molar-refractivity contribution in [3.8, 4) is 0 Å². The van der Waals surface area contributed by atoms with Crippen LogP contribution in [0.5, 0.6) is 0 Å². The summed E-state index contributed by atoms with van der Waals surface area (Å²) in [5.74, 6) is 0.534. The summed E-state index contributed by atoms with van der Waals surface area (Å²) >= 11 is 0. The Hall–Kier alpha value is -1.84. The van der Waals surface area contributed by atoms with Crippen LogP contribution in [0.3, 0.4) is 0 Å². The van der Waals surface area contributed by atoms with Crippen LogP contribution in [0.1, 0.15) is 29.7 Å². The minimum atomic E-state index is -0.319. The van der Waals surface area contributed by atoms with Crippen molar-refractivity contribution in [2.75, 3.05) is 6.54 Å². The highest BCUT2D eigenvalue weighted by Crippen LogP contribution is 2.21. The molecule has 0 radical (unpaired) electrons. The van der Waals surface area contributed by atoms with Crippen molar-refractivity contribution in [2.45, 2.75) is 26.8 Å². The first-order valence-electron chi connectivity index (χ1n) is 5.81. The monoisotopic (exact) mass is 231 g/mol. The number of guanidine groups is 1. The molecule has 0 aromatic heterocycles. The van der Waals surface area contributed by atoms with Gasteiger partial charge < -0.3 is 5.32 Å². The topological polar surface area (TPSA) is 53.5 Å². The van der Waals surface area contributed by atoms with E-state index in [0.29, 0.717) is 12.5 Å². The second-order valence-electron chi connectivity index (χ2n) is 4.25. The zero-order valence-corrected chi connectivity index (χ0v) is 10.4. The normalized spacial score (nSPS) is 21.5. The first-order chi connectivity index (χ1) is 8.11. The predicted octanol–water partition coefficient (Wildman–Crippen LogP) is 1.44. The summed E-state index contributed by atoms with van der Waals surface area (Å²) < 4.78 is 0. The number of aryl methyl sites for hydroxylation is 2. The summed E-state index contributed by atoms with van der Waals surface area (Å²) in [6.07, 6.45) is 0. The van der Waals surface area contributed by atoms with Crippen LogP contribution in [0.15, 0.2) is 23.2 Å². The van der Waals surface area contributed by atoms with Gasteiger partial charge in [-0.05, 0) is 31.9 Å². The van der Waals surface area contributed by atoms with E-state index in [-0.39, 0.29) is 11.9 Å². The third kappa shape index (κ3) is 2.30. The Morgan fingerprint density at radius 1 is 1.35 bits per heavy atom. The number of carbonyl (C=O) groups excluding carboxylic acids is 1. The molecule has 4 nitrogen and oxygen atoms in total. The van der Waals surface area contributed by atoms with Crippen LogP contribution in [-0.2, 0) is 4.79 Å². The Labute approximate surface area is 101 Å². The number of aliphatic imine (C=N–C) groups is 1. The molecule has 1 atom stereocenters. The molecule has 17 heavy (non-hydrogen) atoms. The first-order valence-corrected chi connectivity index (χ1v) is 5.81. The van der Waals surface area contributed by atoms with Gasteiger partial charge >= 0.3 is 0 Å². The largest absolute Gasteiger partial charge is 0.340 e. The summed E-state index contributed by atoms with van der Waals surface area (Å²) in [4.78, 5) is 16.0. The average molecular weight is 231 g/mol. The van der Waals surface area contributed by atoms with Gasteiger partial charge in [-0.25, -0.2) is 0 Å². The Balaban J connectivity index is 2.29. The quantitative estimate of drug-likeness (QED) is 0.809. The first kappa shape index (κ1) is 11.6. The number of nitrogens with one attached hydrogen (secondary N) is 2. The molecule has 4 heteroatoms. The number of carbonyl (C=O) groups is 1. The van der Waals surface area contributed by atoms with Gasteiger partial charge in [0, 0.05) is 6.54 Å². The van der Waals surface area contributed by atoms with Crippen LogP contribution in [0.4, 0.5) is 0 Å². The van der Waals surface area contributed by atoms with E-state index in [9.17, 15) is 4.79 Å². The van der Waals surface area contributed by atoms with Crippen molar-refractivity contribution in [2.24, 2.45) is 4.99 Å². The van der Waals surface area contributed by atoms with Gasteiger partial charge in [0.15, 0.2) is 5.96 Å². The molecular formula is C13H17N3O. The lowest BCUT2D eigenvalue weighted by Gasteiger charge is -2.12. The molecule has 2 rings (SSSR count). The Morgan fingerprint density at radius 2 is 2.12 bits per heavy atom. The van der Waals surface area contributed by atoms with E-state index in [4.69, 9.17) is 0 Å². The van der Waals surface area contributed by atoms with Gasteiger partial charge in [-0.2, -0.15) is 0 Å². The summed E-state index contributed by atoms with van der Waals surface area (Å²) in [6, 6.07) is 5.78. The van der Waals surface area contributed by atoms with E-state index in [1.807, 2.05) is 32.9 Å². The third-order valence-electron chi connectivity index (χ3n) is 2.84. The second-order valence-corrected chi connectivity index (χ2v) is 4.25. The van der Waals surface area contributed by atoms with Crippen LogP contribution in [-0.4, -0.2) is 18.4 Å².